The molecule has 4 aromatic rings. The number of amides is 1. The minimum absolute atomic E-state index is 0.0466. The van der Waals surface area contributed by atoms with Crippen molar-refractivity contribution < 1.29 is 4.79 Å². The largest absolute Gasteiger partial charge is 0.350 e. The van der Waals surface area contributed by atoms with Gasteiger partial charge in [-0.05, 0) is 24.1 Å². The van der Waals surface area contributed by atoms with E-state index in [0.717, 1.165) is 32.6 Å². The molecule has 0 aliphatic heterocycles. The molecule has 5 heteroatoms. The number of anilines is 1. The molecule has 2 heterocycles. The number of benzene rings is 2. The highest BCUT2D eigenvalue weighted by Gasteiger charge is 2.14. The zero-order valence-corrected chi connectivity index (χ0v) is 15.5. The molecule has 0 aliphatic carbocycles. The molecule has 0 saturated carbocycles. The number of rotatable bonds is 4. The van der Waals surface area contributed by atoms with Crippen LogP contribution in [0.4, 0.5) is 5.13 Å². The van der Waals surface area contributed by atoms with Gasteiger partial charge in [0.25, 0.3) is 0 Å². The SMILES string of the molecule is Cc1nc(NC(=O)Cc2cn(C)c3ccccc23)sc1-c1ccccc1. The maximum atomic E-state index is 12.5. The fourth-order valence-electron chi connectivity index (χ4n) is 3.21. The standard InChI is InChI=1S/C21H19N3OS/c1-14-20(15-8-4-3-5-9-15)26-21(22-14)23-19(25)12-16-13-24(2)18-11-7-6-10-17(16)18/h3-11,13H,12H2,1-2H3,(H,22,23,25). The van der Waals surface area contributed by atoms with Crippen LogP contribution in [0.2, 0.25) is 0 Å². The molecular formula is C21H19N3OS. The van der Waals surface area contributed by atoms with E-state index >= 15 is 0 Å². The van der Waals surface area contributed by atoms with Crippen LogP contribution in [0.25, 0.3) is 21.3 Å². The molecule has 130 valence electrons. The molecule has 0 radical (unpaired) electrons. The Balaban J connectivity index is 1.54. The van der Waals surface area contributed by atoms with Crippen molar-refractivity contribution in [2.75, 3.05) is 5.32 Å². The highest BCUT2D eigenvalue weighted by atomic mass is 32.1. The highest BCUT2D eigenvalue weighted by molar-refractivity contribution is 7.19. The van der Waals surface area contributed by atoms with E-state index in [2.05, 4.69) is 39.1 Å². The molecule has 0 unspecified atom stereocenters. The first-order chi connectivity index (χ1) is 12.6. The topological polar surface area (TPSA) is 46.9 Å². The van der Waals surface area contributed by atoms with E-state index < -0.39 is 0 Å². The number of carbonyl (C=O) groups excluding carboxylic acids is 1. The maximum absolute atomic E-state index is 12.5. The molecule has 26 heavy (non-hydrogen) atoms. The first kappa shape index (κ1) is 16.5. The van der Waals surface area contributed by atoms with E-state index in [-0.39, 0.29) is 5.91 Å². The highest BCUT2D eigenvalue weighted by Crippen LogP contribution is 2.32. The van der Waals surface area contributed by atoms with Crippen LogP contribution in [0.15, 0.2) is 60.8 Å². The zero-order valence-electron chi connectivity index (χ0n) is 14.7. The number of nitrogens with one attached hydrogen (secondary N) is 1. The third kappa shape index (κ3) is 3.13. The number of fused-ring (bicyclic) bond motifs is 1. The van der Waals surface area contributed by atoms with Crippen LogP contribution in [0.5, 0.6) is 0 Å². The molecular weight excluding hydrogens is 342 g/mol. The molecule has 2 aromatic heterocycles. The number of para-hydroxylation sites is 1. The summed E-state index contributed by atoms with van der Waals surface area (Å²) in [6.45, 7) is 1.97. The van der Waals surface area contributed by atoms with E-state index in [1.165, 1.54) is 11.3 Å². The Labute approximate surface area is 156 Å². The van der Waals surface area contributed by atoms with Gasteiger partial charge < -0.3 is 9.88 Å². The second-order valence-corrected chi connectivity index (χ2v) is 7.31. The maximum Gasteiger partial charge on any atom is 0.230 e. The molecule has 0 saturated heterocycles. The minimum Gasteiger partial charge on any atom is -0.350 e. The molecule has 4 rings (SSSR count). The van der Waals surface area contributed by atoms with Crippen molar-refractivity contribution in [1.82, 2.24) is 9.55 Å². The minimum atomic E-state index is -0.0466. The van der Waals surface area contributed by atoms with Gasteiger partial charge in [0.2, 0.25) is 5.91 Å². The van der Waals surface area contributed by atoms with Crippen LogP contribution in [0.3, 0.4) is 0 Å². The monoisotopic (exact) mass is 361 g/mol. The van der Waals surface area contributed by atoms with Gasteiger partial charge in [0.05, 0.1) is 17.0 Å². The van der Waals surface area contributed by atoms with Gasteiger partial charge in [-0.3, -0.25) is 4.79 Å². The van der Waals surface area contributed by atoms with Gasteiger partial charge in [-0.15, -0.1) is 0 Å². The molecule has 0 fully saturated rings. The summed E-state index contributed by atoms with van der Waals surface area (Å²) in [7, 11) is 2.00. The predicted molar refractivity (Wildman–Crippen MR) is 108 cm³/mol. The molecule has 0 aliphatic rings. The molecule has 1 amide bonds. The third-order valence-electron chi connectivity index (χ3n) is 4.41. The van der Waals surface area contributed by atoms with Gasteiger partial charge in [0.15, 0.2) is 5.13 Å². The molecule has 1 N–H and O–H groups in total. The molecule has 0 spiro atoms. The lowest BCUT2D eigenvalue weighted by Gasteiger charge is -2.01. The Hall–Kier alpha value is -2.92. The number of hydrogen-bond acceptors (Lipinski definition) is 3. The van der Waals surface area contributed by atoms with Crippen molar-refractivity contribution in [3.8, 4) is 10.4 Å². The van der Waals surface area contributed by atoms with Gasteiger partial charge in [0.1, 0.15) is 0 Å². The van der Waals surface area contributed by atoms with E-state index in [4.69, 9.17) is 0 Å². The summed E-state index contributed by atoms with van der Waals surface area (Å²) in [4.78, 5) is 18.1. The van der Waals surface area contributed by atoms with Gasteiger partial charge in [-0.1, -0.05) is 59.9 Å². The number of aromatic nitrogens is 2. The number of carbonyl (C=O) groups is 1. The second kappa shape index (κ2) is 6.77. The van der Waals surface area contributed by atoms with E-state index in [9.17, 15) is 4.79 Å². The Bertz CT molecular complexity index is 1080. The average Bonchev–Trinajstić information content (AvgIpc) is 3.16. The van der Waals surface area contributed by atoms with Gasteiger partial charge in [-0.2, -0.15) is 0 Å². The van der Waals surface area contributed by atoms with E-state index in [1.807, 2.05) is 50.5 Å². The molecule has 0 atom stereocenters. The van der Waals surface area contributed by atoms with Crippen LogP contribution in [-0.4, -0.2) is 15.5 Å². The van der Waals surface area contributed by atoms with Crippen molar-refractivity contribution in [2.45, 2.75) is 13.3 Å². The summed E-state index contributed by atoms with van der Waals surface area (Å²) in [5.41, 5.74) is 4.21. The Kier molecular flexibility index (Phi) is 4.31. The lowest BCUT2D eigenvalue weighted by molar-refractivity contribution is -0.115. The van der Waals surface area contributed by atoms with Crippen molar-refractivity contribution >= 4 is 33.3 Å². The number of aryl methyl sites for hydroxylation is 2. The summed E-state index contributed by atoms with van der Waals surface area (Å²) in [5.74, 6) is -0.0466. The smallest absolute Gasteiger partial charge is 0.230 e. The van der Waals surface area contributed by atoms with Gasteiger partial charge >= 0.3 is 0 Å². The van der Waals surface area contributed by atoms with Crippen molar-refractivity contribution in [3.05, 3.63) is 72.1 Å². The Morgan fingerprint density at radius 1 is 1.12 bits per heavy atom. The Morgan fingerprint density at radius 3 is 2.65 bits per heavy atom. The molecule has 2 aromatic carbocycles. The quantitative estimate of drug-likeness (QED) is 0.568. The predicted octanol–water partition coefficient (Wildman–Crippen LogP) is 4.79. The lowest BCUT2D eigenvalue weighted by atomic mass is 10.1. The van der Waals surface area contributed by atoms with E-state index in [1.54, 1.807) is 0 Å². The number of nitrogens with zero attached hydrogens (tertiary/aromatic N) is 2. The van der Waals surface area contributed by atoms with Crippen LogP contribution >= 0.6 is 11.3 Å². The van der Waals surface area contributed by atoms with Crippen LogP contribution in [0, 0.1) is 6.92 Å². The first-order valence-corrected chi connectivity index (χ1v) is 9.29. The normalized spacial score (nSPS) is 11.0. The van der Waals surface area contributed by atoms with Gasteiger partial charge in [-0.25, -0.2) is 4.98 Å². The summed E-state index contributed by atoms with van der Waals surface area (Å²) in [5, 5.41) is 4.72. The van der Waals surface area contributed by atoms with Crippen LogP contribution in [0.1, 0.15) is 11.3 Å². The van der Waals surface area contributed by atoms with Crippen molar-refractivity contribution in [3.63, 3.8) is 0 Å². The fraction of sp³-hybridized carbons (Fsp3) is 0.143. The number of thiazole rings is 1. The summed E-state index contributed by atoms with van der Waals surface area (Å²) >= 11 is 1.51. The number of hydrogen-bond donors (Lipinski definition) is 1. The summed E-state index contributed by atoms with van der Waals surface area (Å²) < 4.78 is 2.05. The second-order valence-electron chi connectivity index (χ2n) is 6.31. The Morgan fingerprint density at radius 2 is 1.85 bits per heavy atom. The summed E-state index contributed by atoms with van der Waals surface area (Å²) in [6, 6.07) is 18.2. The zero-order chi connectivity index (χ0) is 18.1. The average molecular weight is 361 g/mol. The first-order valence-electron chi connectivity index (χ1n) is 8.47. The fourth-order valence-corrected chi connectivity index (χ4v) is 4.20. The van der Waals surface area contributed by atoms with Crippen molar-refractivity contribution in [2.24, 2.45) is 7.05 Å². The van der Waals surface area contributed by atoms with Crippen LogP contribution in [-0.2, 0) is 18.3 Å². The lowest BCUT2D eigenvalue weighted by Crippen LogP contribution is -2.14. The van der Waals surface area contributed by atoms with Crippen molar-refractivity contribution in [1.29, 1.82) is 0 Å². The molecule has 4 nitrogen and oxygen atoms in total. The van der Waals surface area contributed by atoms with Crippen LogP contribution < -0.4 is 5.32 Å². The van der Waals surface area contributed by atoms with E-state index in [0.29, 0.717) is 11.6 Å². The molecule has 0 bridgehead atoms. The third-order valence-corrected chi connectivity index (χ3v) is 5.53. The summed E-state index contributed by atoms with van der Waals surface area (Å²) in [6.07, 6.45) is 2.35. The van der Waals surface area contributed by atoms with Gasteiger partial charge in [0, 0.05) is 24.1 Å².